The number of carbonyl (C=O) groups excluding carboxylic acids is 2. The molecule has 0 aromatic carbocycles. The third-order valence-electron chi connectivity index (χ3n) is 2.09. The van der Waals surface area contributed by atoms with Gasteiger partial charge >= 0.3 is 0 Å². The molecule has 1 amide bonds. The van der Waals surface area contributed by atoms with Crippen molar-refractivity contribution in [2.45, 2.75) is 18.6 Å². The summed E-state index contributed by atoms with van der Waals surface area (Å²) in [7, 11) is 1.41. The Hall–Kier alpha value is -1.34. The SMILES string of the molecule is C#CCCN1C(=O)[C@H](OC)[C@@H]1C=O. The molecule has 0 bridgehead atoms. The molecule has 2 atom stereocenters. The zero-order valence-corrected chi connectivity index (χ0v) is 7.40. The van der Waals surface area contributed by atoms with Crippen molar-refractivity contribution in [3.8, 4) is 12.3 Å². The van der Waals surface area contributed by atoms with Crippen molar-refractivity contribution < 1.29 is 14.3 Å². The number of nitrogens with zero attached hydrogens (tertiary/aromatic N) is 1. The van der Waals surface area contributed by atoms with Gasteiger partial charge in [-0.05, 0) is 0 Å². The number of β-lactam (4-membered cyclic amide) rings is 1. The molecule has 4 heteroatoms. The Morgan fingerprint density at radius 1 is 1.77 bits per heavy atom. The van der Waals surface area contributed by atoms with Crippen LogP contribution in [0.1, 0.15) is 6.42 Å². The Kier molecular flexibility index (Phi) is 3.04. The van der Waals surface area contributed by atoms with E-state index in [0.717, 1.165) is 0 Å². The van der Waals surface area contributed by atoms with E-state index in [2.05, 4.69) is 5.92 Å². The third kappa shape index (κ3) is 1.56. The molecule has 4 nitrogen and oxygen atoms in total. The first kappa shape index (κ1) is 9.75. The van der Waals surface area contributed by atoms with Gasteiger partial charge in [0.15, 0.2) is 6.10 Å². The van der Waals surface area contributed by atoms with Crippen LogP contribution in [0.5, 0.6) is 0 Å². The van der Waals surface area contributed by atoms with E-state index in [-0.39, 0.29) is 5.91 Å². The highest BCUT2D eigenvalue weighted by Crippen LogP contribution is 2.20. The van der Waals surface area contributed by atoms with Crippen LogP contribution in [0.4, 0.5) is 0 Å². The highest BCUT2D eigenvalue weighted by atomic mass is 16.5. The molecule has 1 aliphatic rings. The molecule has 0 aliphatic carbocycles. The van der Waals surface area contributed by atoms with Crippen LogP contribution >= 0.6 is 0 Å². The molecule has 0 aromatic rings. The lowest BCUT2D eigenvalue weighted by Crippen LogP contribution is -2.66. The Morgan fingerprint density at radius 2 is 2.46 bits per heavy atom. The quantitative estimate of drug-likeness (QED) is 0.331. The van der Waals surface area contributed by atoms with E-state index in [1.165, 1.54) is 12.0 Å². The molecule has 0 unspecified atom stereocenters. The molecule has 1 saturated heterocycles. The lowest BCUT2D eigenvalue weighted by atomic mass is 9.99. The molecule has 13 heavy (non-hydrogen) atoms. The van der Waals surface area contributed by atoms with Gasteiger partial charge in [-0.2, -0.15) is 0 Å². The number of rotatable bonds is 4. The molecule has 1 fully saturated rings. The number of aldehydes is 1. The zero-order valence-electron chi connectivity index (χ0n) is 7.40. The van der Waals surface area contributed by atoms with Crippen molar-refractivity contribution in [3.05, 3.63) is 0 Å². The molecule has 0 N–H and O–H groups in total. The normalized spacial score (nSPS) is 26.5. The number of amides is 1. The van der Waals surface area contributed by atoms with E-state index in [1.54, 1.807) is 0 Å². The fourth-order valence-electron chi connectivity index (χ4n) is 1.37. The van der Waals surface area contributed by atoms with Gasteiger partial charge in [0.1, 0.15) is 12.3 Å². The zero-order chi connectivity index (χ0) is 9.84. The predicted octanol–water partition coefficient (Wildman–Crippen LogP) is -0.566. The third-order valence-corrected chi connectivity index (χ3v) is 2.09. The summed E-state index contributed by atoms with van der Waals surface area (Å²) in [6, 6.07) is -0.453. The van der Waals surface area contributed by atoms with Crippen molar-refractivity contribution in [3.63, 3.8) is 0 Å². The fraction of sp³-hybridized carbons (Fsp3) is 0.556. The number of methoxy groups -OCH3 is 1. The maximum Gasteiger partial charge on any atom is 0.255 e. The summed E-state index contributed by atoms with van der Waals surface area (Å²) in [6.45, 7) is 0.429. The standard InChI is InChI=1S/C9H11NO3/c1-3-4-5-10-7(6-11)8(13-2)9(10)12/h1,6-8H,4-5H2,2H3/t7-,8+/m0/s1. The van der Waals surface area contributed by atoms with Crippen LogP contribution in [0.15, 0.2) is 0 Å². The highest BCUT2D eigenvalue weighted by molar-refractivity contribution is 5.95. The van der Waals surface area contributed by atoms with Gasteiger partial charge in [-0.1, -0.05) is 0 Å². The summed E-state index contributed by atoms with van der Waals surface area (Å²) in [4.78, 5) is 23.2. The molecule has 1 aliphatic heterocycles. The van der Waals surface area contributed by atoms with Crippen LogP contribution < -0.4 is 0 Å². The first-order valence-corrected chi connectivity index (χ1v) is 3.98. The summed E-state index contributed by atoms with van der Waals surface area (Å²) in [6.07, 6.45) is 5.63. The van der Waals surface area contributed by atoms with Gasteiger partial charge in [-0.25, -0.2) is 0 Å². The van der Waals surface area contributed by atoms with Gasteiger partial charge in [0, 0.05) is 20.1 Å². The number of hydrogen-bond donors (Lipinski definition) is 0. The van der Waals surface area contributed by atoms with Gasteiger partial charge in [0.2, 0.25) is 0 Å². The molecule has 0 spiro atoms. The summed E-state index contributed by atoms with van der Waals surface area (Å²) in [5, 5.41) is 0. The van der Waals surface area contributed by atoms with Crippen LogP contribution in [-0.4, -0.2) is 42.9 Å². The van der Waals surface area contributed by atoms with Crippen molar-refractivity contribution >= 4 is 12.2 Å². The second-order valence-corrected chi connectivity index (χ2v) is 2.77. The maximum absolute atomic E-state index is 11.2. The number of carbonyl (C=O) groups is 2. The Morgan fingerprint density at radius 3 is 2.92 bits per heavy atom. The molecule has 0 saturated carbocycles. The molecular weight excluding hydrogens is 170 g/mol. The first-order valence-electron chi connectivity index (χ1n) is 3.98. The minimum absolute atomic E-state index is 0.158. The molecule has 1 heterocycles. The second-order valence-electron chi connectivity index (χ2n) is 2.77. The lowest BCUT2D eigenvalue weighted by molar-refractivity contribution is -0.171. The number of ether oxygens (including phenoxy) is 1. The van der Waals surface area contributed by atoms with Crippen LogP contribution in [0.25, 0.3) is 0 Å². The summed E-state index contributed by atoms with van der Waals surface area (Å²) in [5.74, 6) is 2.26. The monoisotopic (exact) mass is 181 g/mol. The summed E-state index contributed by atoms with van der Waals surface area (Å²) < 4.78 is 4.84. The summed E-state index contributed by atoms with van der Waals surface area (Å²) >= 11 is 0. The van der Waals surface area contributed by atoms with Crippen LogP contribution in [0, 0.1) is 12.3 Å². The summed E-state index contributed by atoms with van der Waals surface area (Å²) in [5.41, 5.74) is 0. The smallest absolute Gasteiger partial charge is 0.255 e. The highest BCUT2D eigenvalue weighted by Gasteiger charge is 2.47. The maximum atomic E-state index is 11.2. The van der Waals surface area contributed by atoms with Crippen molar-refractivity contribution in [1.29, 1.82) is 0 Å². The van der Waals surface area contributed by atoms with Crippen molar-refractivity contribution in [2.24, 2.45) is 0 Å². The Balaban J connectivity index is 2.53. The number of terminal acetylenes is 1. The Labute approximate surface area is 76.8 Å². The van der Waals surface area contributed by atoms with Gasteiger partial charge in [-0.3, -0.25) is 4.79 Å². The molecule has 1 rings (SSSR count). The Bertz CT molecular complexity index is 256. The van der Waals surface area contributed by atoms with E-state index < -0.39 is 12.1 Å². The molecular formula is C9H11NO3. The minimum atomic E-state index is -0.602. The fourth-order valence-corrected chi connectivity index (χ4v) is 1.37. The van der Waals surface area contributed by atoms with E-state index >= 15 is 0 Å². The number of hydrogen-bond acceptors (Lipinski definition) is 3. The largest absolute Gasteiger partial charge is 0.369 e. The van der Waals surface area contributed by atoms with Gasteiger partial charge < -0.3 is 14.4 Å². The van der Waals surface area contributed by atoms with Gasteiger partial charge in [-0.15, -0.1) is 12.3 Å². The van der Waals surface area contributed by atoms with E-state index in [9.17, 15) is 9.59 Å². The average Bonchev–Trinajstić information content (AvgIpc) is 2.14. The number of likely N-dealkylation sites (tertiary alicyclic amines) is 1. The van der Waals surface area contributed by atoms with E-state index in [4.69, 9.17) is 11.2 Å². The van der Waals surface area contributed by atoms with Crippen LogP contribution in [-0.2, 0) is 14.3 Å². The predicted molar refractivity (Wildman–Crippen MR) is 45.8 cm³/mol. The molecule has 70 valence electrons. The minimum Gasteiger partial charge on any atom is -0.369 e. The van der Waals surface area contributed by atoms with Gasteiger partial charge in [0.05, 0.1) is 0 Å². The average molecular weight is 181 g/mol. The second kappa shape index (κ2) is 4.06. The van der Waals surface area contributed by atoms with E-state index in [0.29, 0.717) is 19.3 Å². The topological polar surface area (TPSA) is 46.6 Å². The van der Waals surface area contributed by atoms with Crippen LogP contribution in [0.2, 0.25) is 0 Å². The van der Waals surface area contributed by atoms with Crippen molar-refractivity contribution in [1.82, 2.24) is 4.90 Å². The molecule has 0 radical (unpaired) electrons. The van der Waals surface area contributed by atoms with Gasteiger partial charge in [0.25, 0.3) is 5.91 Å². The van der Waals surface area contributed by atoms with E-state index in [1.807, 2.05) is 0 Å². The van der Waals surface area contributed by atoms with Crippen LogP contribution in [0.3, 0.4) is 0 Å². The lowest BCUT2D eigenvalue weighted by Gasteiger charge is -2.42. The molecule has 0 aromatic heterocycles. The first-order chi connectivity index (χ1) is 6.26. The van der Waals surface area contributed by atoms with Crippen molar-refractivity contribution in [2.75, 3.05) is 13.7 Å².